The van der Waals surface area contributed by atoms with Gasteiger partial charge in [0.05, 0.1) is 12.2 Å². The second-order valence-corrected chi connectivity index (χ2v) is 3.76. The van der Waals surface area contributed by atoms with E-state index in [1.54, 1.807) is 19.1 Å². The molecule has 1 saturated heterocycles. The SMILES string of the molecule is Cc1ccc(C(=O)N2CC(O)C(O)C2)o1. The van der Waals surface area contributed by atoms with Gasteiger partial charge in [0.1, 0.15) is 5.76 Å². The quantitative estimate of drug-likeness (QED) is 0.672. The van der Waals surface area contributed by atoms with E-state index in [9.17, 15) is 15.0 Å². The van der Waals surface area contributed by atoms with Crippen LogP contribution in [0.4, 0.5) is 0 Å². The van der Waals surface area contributed by atoms with E-state index < -0.39 is 12.2 Å². The molecule has 0 bridgehead atoms. The highest BCUT2D eigenvalue weighted by Crippen LogP contribution is 2.15. The van der Waals surface area contributed by atoms with Gasteiger partial charge in [0.15, 0.2) is 5.76 Å². The standard InChI is InChI=1S/C10H13NO4/c1-6-2-3-9(15-6)10(14)11-4-7(12)8(13)5-11/h2-3,7-8,12-13H,4-5H2,1H3. The summed E-state index contributed by atoms with van der Waals surface area (Å²) in [6.07, 6.45) is -1.71. The molecule has 2 N–H and O–H groups in total. The largest absolute Gasteiger partial charge is 0.456 e. The van der Waals surface area contributed by atoms with Crippen molar-refractivity contribution in [1.82, 2.24) is 4.90 Å². The van der Waals surface area contributed by atoms with Crippen LogP contribution in [0.25, 0.3) is 0 Å². The minimum Gasteiger partial charge on any atom is -0.456 e. The Morgan fingerprint density at radius 3 is 2.47 bits per heavy atom. The molecular weight excluding hydrogens is 198 g/mol. The fourth-order valence-electron chi connectivity index (χ4n) is 1.64. The highest BCUT2D eigenvalue weighted by atomic mass is 16.4. The number of aryl methyl sites for hydroxylation is 1. The molecule has 2 atom stereocenters. The molecule has 0 aromatic carbocycles. The van der Waals surface area contributed by atoms with Crippen molar-refractivity contribution in [3.8, 4) is 0 Å². The molecule has 1 aliphatic rings. The number of hydrogen-bond acceptors (Lipinski definition) is 4. The van der Waals surface area contributed by atoms with E-state index in [0.717, 1.165) is 0 Å². The van der Waals surface area contributed by atoms with E-state index >= 15 is 0 Å². The van der Waals surface area contributed by atoms with Gasteiger partial charge in [-0.25, -0.2) is 0 Å². The van der Waals surface area contributed by atoms with Gasteiger partial charge in [-0.3, -0.25) is 4.79 Å². The molecule has 0 aliphatic carbocycles. The minimum atomic E-state index is -0.856. The number of rotatable bonds is 1. The zero-order chi connectivity index (χ0) is 11.0. The zero-order valence-electron chi connectivity index (χ0n) is 8.38. The molecule has 1 fully saturated rings. The molecule has 2 heterocycles. The van der Waals surface area contributed by atoms with Gasteiger partial charge in [-0.15, -0.1) is 0 Å². The summed E-state index contributed by atoms with van der Waals surface area (Å²) >= 11 is 0. The molecule has 2 rings (SSSR count). The number of amides is 1. The van der Waals surface area contributed by atoms with E-state index in [0.29, 0.717) is 5.76 Å². The number of carbonyl (C=O) groups is 1. The number of carbonyl (C=O) groups excluding carboxylic acids is 1. The van der Waals surface area contributed by atoms with Crippen molar-refractivity contribution in [2.45, 2.75) is 19.1 Å². The number of aliphatic hydroxyl groups is 2. The molecule has 5 nitrogen and oxygen atoms in total. The third-order valence-corrected chi connectivity index (χ3v) is 2.50. The molecule has 15 heavy (non-hydrogen) atoms. The summed E-state index contributed by atoms with van der Waals surface area (Å²) in [5.41, 5.74) is 0. The van der Waals surface area contributed by atoms with E-state index in [2.05, 4.69) is 0 Å². The van der Waals surface area contributed by atoms with Gasteiger partial charge in [0.2, 0.25) is 0 Å². The van der Waals surface area contributed by atoms with E-state index in [4.69, 9.17) is 4.42 Å². The molecule has 1 aromatic heterocycles. The summed E-state index contributed by atoms with van der Waals surface area (Å²) in [7, 11) is 0. The Morgan fingerprint density at radius 1 is 1.40 bits per heavy atom. The lowest BCUT2D eigenvalue weighted by atomic mass is 10.3. The minimum absolute atomic E-state index is 0.153. The number of furan rings is 1. The molecule has 1 amide bonds. The number of hydrogen-bond donors (Lipinski definition) is 2. The van der Waals surface area contributed by atoms with Crippen molar-refractivity contribution in [2.24, 2.45) is 0 Å². The second kappa shape index (κ2) is 3.67. The fraction of sp³-hybridized carbons (Fsp3) is 0.500. The molecule has 82 valence electrons. The maximum absolute atomic E-state index is 11.8. The Labute approximate surface area is 86.9 Å². The van der Waals surface area contributed by atoms with Crippen LogP contribution in [0.2, 0.25) is 0 Å². The third kappa shape index (κ3) is 1.88. The lowest BCUT2D eigenvalue weighted by Gasteiger charge is -2.12. The van der Waals surface area contributed by atoms with Crippen LogP contribution in [0.5, 0.6) is 0 Å². The van der Waals surface area contributed by atoms with Crippen LogP contribution in [-0.4, -0.2) is 46.3 Å². The number of aliphatic hydroxyl groups excluding tert-OH is 2. The first-order chi connectivity index (χ1) is 7.08. The van der Waals surface area contributed by atoms with E-state index in [1.165, 1.54) is 4.90 Å². The van der Waals surface area contributed by atoms with Gasteiger partial charge in [0.25, 0.3) is 5.91 Å². The predicted octanol–water partition coefficient (Wildman–Crippen LogP) is -0.234. The van der Waals surface area contributed by atoms with E-state index in [-0.39, 0.29) is 24.8 Å². The maximum atomic E-state index is 11.8. The van der Waals surface area contributed by atoms with Gasteiger partial charge < -0.3 is 19.5 Å². The van der Waals surface area contributed by atoms with Crippen LogP contribution in [0.15, 0.2) is 16.5 Å². The molecule has 1 aliphatic heterocycles. The third-order valence-electron chi connectivity index (χ3n) is 2.50. The van der Waals surface area contributed by atoms with Gasteiger partial charge in [-0.1, -0.05) is 0 Å². The van der Waals surface area contributed by atoms with Crippen LogP contribution in [0, 0.1) is 6.92 Å². The average Bonchev–Trinajstić information content (AvgIpc) is 2.74. The van der Waals surface area contributed by atoms with Crippen molar-refractivity contribution < 1.29 is 19.4 Å². The number of β-amino-alcohol motifs (C(OH)–C–C–N with tert-alkyl or cyclic N) is 2. The Hall–Kier alpha value is -1.33. The monoisotopic (exact) mass is 211 g/mol. The average molecular weight is 211 g/mol. The molecule has 0 saturated carbocycles. The van der Waals surface area contributed by atoms with Crippen LogP contribution >= 0.6 is 0 Å². The summed E-state index contributed by atoms with van der Waals surface area (Å²) in [6, 6.07) is 3.30. The van der Waals surface area contributed by atoms with Gasteiger partial charge >= 0.3 is 0 Å². The van der Waals surface area contributed by atoms with Gasteiger partial charge in [-0.05, 0) is 19.1 Å². The lowest BCUT2D eigenvalue weighted by Crippen LogP contribution is -2.29. The Kier molecular flexibility index (Phi) is 2.50. The molecular formula is C10H13NO4. The van der Waals surface area contributed by atoms with Crippen LogP contribution < -0.4 is 0 Å². The Bertz CT molecular complexity index is 363. The second-order valence-electron chi connectivity index (χ2n) is 3.76. The fourth-order valence-corrected chi connectivity index (χ4v) is 1.64. The summed E-state index contributed by atoms with van der Waals surface area (Å²) in [5, 5.41) is 18.6. The Morgan fingerprint density at radius 2 is 2.00 bits per heavy atom. The van der Waals surface area contributed by atoms with Gasteiger partial charge in [-0.2, -0.15) is 0 Å². The molecule has 5 heteroatoms. The predicted molar refractivity (Wildman–Crippen MR) is 51.4 cm³/mol. The van der Waals surface area contributed by atoms with Crippen LogP contribution in [-0.2, 0) is 0 Å². The molecule has 1 aromatic rings. The Balaban J connectivity index is 2.10. The zero-order valence-corrected chi connectivity index (χ0v) is 8.38. The van der Waals surface area contributed by atoms with Crippen molar-refractivity contribution in [3.05, 3.63) is 23.7 Å². The number of nitrogens with zero attached hydrogens (tertiary/aromatic N) is 1. The summed E-state index contributed by atoms with van der Waals surface area (Å²) in [6.45, 7) is 2.06. The normalized spacial score (nSPS) is 25.9. The molecule has 0 spiro atoms. The first-order valence-electron chi connectivity index (χ1n) is 4.80. The first-order valence-corrected chi connectivity index (χ1v) is 4.80. The topological polar surface area (TPSA) is 73.9 Å². The highest BCUT2D eigenvalue weighted by molar-refractivity contribution is 5.91. The van der Waals surface area contributed by atoms with Crippen LogP contribution in [0.1, 0.15) is 16.3 Å². The van der Waals surface area contributed by atoms with Crippen molar-refractivity contribution in [1.29, 1.82) is 0 Å². The molecule has 2 unspecified atom stereocenters. The smallest absolute Gasteiger partial charge is 0.289 e. The van der Waals surface area contributed by atoms with Crippen LogP contribution in [0.3, 0.4) is 0 Å². The summed E-state index contributed by atoms with van der Waals surface area (Å²) < 4.78 is 5.17. The summed E-state index contributed by atoms with van der Waals surface area (Å²) in [5.74, 6) is 0.617. The van der Waals surface area contributed by atoms with Gasteiger partial charge in [0, 0.05) is 13.1 Å². The summed E-state index contributed by atoms with van der Waals surface area (Å²) in [4.78, 5) is 13.1. The first kappa shape index (κ1) is 10.2. The lowest BCUT2D eigenvalue weighted by molar-refractivity contribution is 0.0572. The van der Waals surface area contributed by atoms with Crippen molar-refractivity contribution in [3.63, 3.8) is 0 Å². The van der Waals surface area contributed by atoms with Crippen molar-refractivity contribution >= 4 is 5.91 Å². The van der Waals surface area contributed by atoms with Crippen molar-refractivity contribution in [2.75, 3.05) is 13.1 Å². The van der Waals surface area contributed by atoms with E-state index in [1.807, 2.05) is 0 Å². The highest BCUT2D eigenvalue weighted by Gasteiger charge is 2.33. The number of likely N-dealkylation sites (tertiary alicyclic amines) is 1. The maximum Gasteiger partial charge on any atom is 0.289 e. The molecule has 0 radical (unpaired) electrons.